The van der Waals surface area contributed by atoms with E-state index in [2.05, 4.69) is 0 Å². The molecule has 0 saturated heterocycles. The van der Waals surface area contributed by atoms with Gasteiger partial charge in [0.2, 0.25) is 0 Å². The van der Waals surface area contributed by atoms with Gasteiger partial charge in [-0.2, -0.15) is 0 Å². The molecular weight excluding hydrogens is 152 g/mol. The van der Waals surface area contributed by atoms with Crippen molar-refractivity contribution in [2.45, 2.75) is 12.0 Å². The first-order valence-electron chi connectivity index (χ1n) is 3.96. The van der Waals surface area contributed by atoms with Gasteiger partial charge in [-0.15, -0.1) is 0 Å². The molecule has 0 aromatic heterocycles. The quantitative estimate of drug-likeness (QED) is 0.656. The molecule has 1 aliphatic rings. The van der Waals surface area contributed by atoms with Gasteiger partial charge in [-0.3, -0.25) is 4.79 Å². The number of hydrogen-bond acceptors (Lipinski definition) is 2. The van der Waals surface area contributed by atoms with E-state index in [1.807, 2.05) is 30.3 Å². The van der Waals surface area contributed by atoms with E-state index < -0.39 is 0 Å². The van der Waals surface area contributed by atoms with Gasteiger partial charge in [-0.25, -0.2) is 0 Å². The lowest BCUT2D eigenvalue weighted by atomic mass is 10.1. The maximum absolute atomic E-state index is 11.1. The zero-order chi connectivity index (χ0) is 8.55. The Bertz CT molecular complexity index is 292. The Hall–Kier alpha value is -1.15. The molecule has 1 fully saturated rings. The Morgan fingerprint density at radius 1 is 1.25 bits per heavy atom. The third-order valence-corrected chi connectivity index (χ3v) is 2.19. The summed E-state index contributed by atoms with van der Waals surface area (Å²) in [6, 6.07) is 9.74. The van der Waals surface area contributed by atoms with E-state index in [1.54, 1.807) is 7.11 Å². The summed E-state index contributed by atoms with van der Waals surface area (Å²) >= 11 is 0. The standard InChI is InChI=1S/C10H10O2/c1-12-10-8(9(10)11)7-5-3-2-4-6-7/h2-6,8,10H,1H3. The number of carbonyl (C=O) groups is 1. The van der Waals surface area contributed by atoms with Gasteiger partial charge < -0.3 is 4.74 Å². The van der Waals surface area contributed by atoms with Gasteiger partial charge in [0.05, 0.1) is 5.92 Å². The van der Waals surface area contributed by atoms with E-state index in [0.717, 1.165) is 5.56 Å². The minimum atomic E-state index is -0.188. The third kappa shape index (κ3) is 1.04. The molecule has 1 aliphatic carbocycles. The largest absolute Gasteiger partial charge is 0.373 e. The van der Waals surface area contributed by atoms with Gasteiger partial charge in [-0.05, 0) is 5.56 Å². The lowest BCUT2D eigenvalue weighted by Gasteiger charge is -1.94. The van der Waals surface area contributed by atoms with E-state index in [-0.39, 0.29) is 17.8 Å². The average Bonchev–Trinajstić information content (AvgIpc) is 2.78. The van der Waals surface area contributed by atoms with Crippen molar-refractivity contribution >= 4 is 5.78 Å². The Kier molecular flexibility index (Phi) is 1.70. The molecule has 2 heteroatoms. The minimum Gasteiger partial charge on any atom is -0.373 e. The normalized spacial score (nSPS) is 27.2. The molecule has 2 nitrogen and oxygen atoms in total. The van der Waals surface area contributed by atoms with Gasteiger partial charge >= 0.3 is 0 Å². The molecule has 0 amide bonds. The van der Waals surface area contributed by atoms with Gasteiger partial charge in [0, 0.05) is 7.11 Å². The predicted octanol–water partition coefficient (Wildman–Crippen LogP) is 1.37. The SMILES string of the molecule is COC1C(=O)C1c1ccccc1. The lowest BCUT2D eigenvalue weighted by Crippen LogP contribution is -1.90. The van der Waals surface area contributed by atoms with Crippen LogP contribution in [-0.4, -0.2) is 19.0 Å². The van der Waals surface area contributed by atoms with E-state index >= 15 is 0 Å². The van der Waals surface area contributed by atoms with E-state index in [1.165, 1.54) is 0 Å². The lowest BCUT2D eigenvalue weighted by molar-refractivity contribution is -0.113. The van der Waals surface area contributed by atoms with Crippen LogP contribution in [0.4, 0.5) is 0 Å². The second-order valence-electron chi connectivity index (χ2n) is 2.95. The van der Waals surface area contributed by atoms with Crippen LogP contribution in [0.3, 0.4) is 0 Å². The Morgan fingerprint density at radius 2 is 1.92 bits per heavy atom. The summed E-state index contributed by atoms with van der Waals surface area (Å²) in [5, 5.41) is 0. The zero-order valence-corrected chi connectivity index (χ0v) is 6.86. The number of rotatable bonds is 2. The van der Waals surface area contributed by atoms with Crippen molar-refractivity contribution in [3.63, 3.8) is 0 Å². The number of benzene rings is 1. The van der Waals surface area contributed by atoms with Crippen molar-refractivity contribution in [2.24, 2.45) is 0 Å². The fourth-order valence-electron chi connectivity index (χ4n) is 1.47. The van der Waals surface area contributed by atoms with Gasteiger partial charge in [0.1, 0.15) is 6.10 Å². The molecule has 0 spiro atoms. The second-order valence-corrected chi connectivity index (χ2v) is 2.95. The van der Waals surface area contributed by atoms with Crippen molar-refractivity contribution < 1.29 is 9.53 Å². The maximum Gasteiger partial charge on any atom is 0.173 e. The molecule has 0 bridgehead atoms. The predicted molar refractivity (Wildman–Crippen MR) is 45.0 cm³/mol. The van der Waals surface area contributed by atoms with Crippen LogP contribution in [0.15, 0.2) is 30.3 Å². The van der Waals surface area contributed by atoms with Crippen LogP contribution in [0.5, 0.6) is 0 Å². The summed E-state index contributed by atoms with van der Waals surface area (Å²) in [5.74, 6) is 0.194. The van der Waals surface area contributed by atoms with Crippen LogP contribution >= 0.6 is 0 Å². The topological polar surface area (TPSA) is 26.3 Å². The molecule has 2 rings (SSSR count). The highest BCUT2D eigenvalue weighted by atomic mass is 16.5. The smallest absolute Gasteiger partial charge is 0.173 e. The maximum atomic E-state index is 11.1. The van der Waals surface area contributed by atoms with Gasteiger partial charge in [0.15, 0.2) is 5.78 Å². The number of ketones is 1. The van der Waals surface area contributed by atoms with E-state index in [0.29, 0.717) is 0 Å². The monoisotopic (exact) mass is 162 g/mol. The molecule has 1 saturated carbocycles. The molecular formula is C10H10O2. The highest BCUT2D eigenvalue weighted by Crippen LogP contribution is 2.38. The van der Waals surface area contributed by atoms with Crippen LogP contribution in [0.2, 0.25) is 0 Å². The highest BCUT2D eigenvalue weighted by Gasteiger charge is 2.50. The molecule has 62 valence electrons. The van der Waals surface area contributed by atoms with E-state index in [4.69, 9.17) is 4.74 Å². The summed E-state index contributed by atoms with van der Waals surface area (Å²) < 4.78 is 4.99. The Morgan fingerprint density at radius 3 is 2.42 bits per heavy atom. The summed E-state index contributed by atoms with van der Waals surface area (Å²) in [5.41, 5.74) is 1.06. The Balaban J connectivity index is 2.19. The van der Waals surface area contributed by atoms with Crippen LogP contribution < -0.4 is 0 Å². The molecule has 2 unspecified atom stereocenters. The van der Waals surface area contributed by atoms with Crippen LogP contribution in [0.25, 0.3) is 0 Å². The average molecular weight is 162 g/mol. The van der Waals surface area contributed by atoms with Gasteiger partial charge in [0.25, 0.3) is 0 Å². The van der Waals surface area contributed by atoms with Crippen LogP contribution in [0, 0.1) is 0 Å². The van der Waals surface area contributed by atoms with E-state index in [9.17, 15) is 4.79 Å². The molecule has 2 atom stereocenters. The summed E-state index contributed by atoms with van der Waals surface area (Å²) in [6.45, 7) is 0. The number of carbonyl (C=O) groups excluding carboxylic acids is 1. The third-order valence-electron chi connectivity index (χ3n) is 2.19. The van der Waals surface area contributed by atoms with Crippen molar-refractivity contribution in [2.75, 3.05) is 7.11 Å². The molecule has 0 radical (unpaired) electrons. The first-order valence-corrected chi connectivity index (χ1v) is 3.96. The van der Waals surface area contributed by atoms with Gasteiger partial charge in [-0.1, -0.05) is 30.3 Å². The molecule has 12 heavy (non-hydrogen) atoms. The number of methoxy groups -OCH3 is 1. The molecule has 0 aliphatic heterocycles. The zero-order valence-electron chi connectivity index (χ0n) is 6.86. The van der Waals surface area contributed by atoms with Crippen molar-refractivity contribution in [3.05, 3.63) is 35.9 Å². The minimum absolute atomic E-state index is 0.00352. The number of hydrogen-bond donors (Lipinski definition) is 0. The van der Waals surface area contributed by atoms with Crippen molar-refractivity contribution in [1.82, 2.24) is 0 Å². The highest BCUT2D eigenvalue weighted by molar-refractivity contribution is 6.07. The molecule has 1 aromatic rings. The first-order chi connectivity index (χ1) is 5.84. The summed E-state index contributed by atoms with van der Waals surface area (Å²) in [4.78, 5) is 11.1. The Labute approximate surface area is 71.2 Å². The number of Topliss-reactive ketones (excluding diaryl/α,β-unsaturated/α-hetero) is 1. The van der Waals surface area contributed by atoms with Crippen LogP contribution in [0.1, 0.15) is 11.5 Å². The van der Waals surface area contributed by atoms with Crippen LogP contribution in [-0.2, 0) is 9.53 Å². The first kappa shape index (κ1) is 7.50. The summed E-state index contributed by atoms with van der Waals surface area (Å²) in [6.07, 6.45) is -0.188. The van der Waals surface area contributed by atoms with Crippen molar-refractivity contribution in [3.8, 4) is 0 Å². The molecule has 1 aromatic carbocycles. The number of ether oxygens (including phenoxy) is 1. The fraction of sp³-hybridized carbons (Fsp3) is 0.300. The molecule has 0 heterocycles. The molecule has 0 N–H and O–H groups in total. The second kappa shape index (κ2) is 2.72. The van der Waals surface area contributed by atoms with Crippen molar-refractivity contribution in [1.29, 1.82) is 0 Å². The fourth-order valence-corrected chi connectivity index (χ4v) is 1.47. The summed E-state index contributed by atoms with van der Waals surface area (Å²) in [7, 11) is 1.57.